The van der Waals surface area contributed by atoms with Gasteiger partial charge in [0.15, 0.2) is 0 Å². The number of epoxide rings is 1. The second-order valence-electron chi connectivity index (χ2n) is 3.42. The second kappa shape index (κ2) is 3.35. The molecule has 13 heavy (non-hydrogen) atoms. The van der Waals surface area contributed by atoms with Crippen molar-refractivity contribution in [2.75, 3.05) is 0 Å². The summed E-state index contributed by atoms with van der Waals surface area (Å²) in [6, 6.07) is 10.4. The van der Waals surface area contributed by atoms with E-state index in [0.29, 0.717) is 12.2 Å². The molecule has 0 aliphatic carbocycles. The molecule has 0 spiro atoms. The third-order valence-corrected chi connectivity index (χ3v) is 2.52. The lowest BCUT2D eigenvalue weighted by Crippen LogP contribution is -1.89. The zero-order chi connectivity index (χ0) is 9.26. The molecule has 2 rings (SSSR count). The van der Waals surface area contributed by atoms with E-state index in [1.165, 1.54) is 11.1 Å². The summed E-state index contributed by atoms with van der Waals surface area (Å²) in [7, 11) is 0. The van der Waals surface area contributed by atoms with Crippen LogP contribution in [0.2, 0.25) is 0 Å². The maximum absolute atomic E-state index is 5.59. The van der Waals surface area contributed by atoms with E-state index >= 15 is 0 Å². The van der Waals surface area contributed by atoms with Gasteiger partial charge in [-0.05, 0) is 25.0 Å². The van der Waals surface area contributed by atoms with Crippen LogP contribution >= 0.6 is 0 Å². The Morgan fingerprint density at radius 3 is 2.62 bits per heavy atom. The molecule has 1 nitrogen and oxygen atoms in total. The van der Waals surface area contributed by atoms with E-state index in [0.717, 1.165) is 0 Å². The summed E-state index contributed by atoms with van der Waals surface area (Å²) < 4.78 is 5.59. The number of hydrogen-bond acceptors (Lipinski definition) is 1. The van der Waals surface area contributed by atoms with E-state index in [4.69, 9.17) is 4.74 Å². The van der Waals surface area contributed by atoms with Crippen LogP contribution in [0.5, 0.6) is 0 Å². The van der Waals surface area contributed by atoms with E-state index in [1.807, 2.05) is 6.07 Å². The van der Waals surface area contributed by atoms with Crippen LogP contribution in [0.15, 0.2) is 42.0 Å². The van der Waals surface area contributed by atoms with E-state index in [2.05, 4.69) is 44.2 Å². The Morgan fingerprint density at radius 1 is 1.31 bits per heavy atom. The lowest BCUT2D eigenvalue weighted by Gasteiger charge is -1.94. The zero-order valence-corrected chi connectivity index (χ0v) is 8.03. The van der Waals surface area contributed by atoms with Crippen molar-refractivity contribution < 1.29 is 4.74 Å². The zero-order valence-electron chi connectivity index (χ0n) is 8.03. The van der Waals surface area contributed by atoms with Gasteiger partial charge < -0.3 is 4.74 Å². The maximum atomic E-state index is 5.59. The first-order chi connectivity index (χ1) is 6.33. The third-order valence-electron chi connectivity index (χ3n) is 2.52. The molecule has 68 valence electrons. The largest absolute Gasteiger partial charge is 0.360 e. The summed E-state index contributed by atoms with van der Waals surface area (Å²) >= 11 is 0. The molecule has 0 amide bonds. The Kier molecular flexibility index (Phi) is 2.19. The minimum atomic E-state index is 0.303. The van der Waals surface area contributed by atoms with Gasteiger partial charge in [0.25, 0.3) is 0 Å². The Labute approximate surface area is 79.0 Å². The fourth-order valence-corrected chi connectivity index (χ4v) is 1.52. The number of rotatable bonds is 2. The fraction of sp³-hybridized carbons (Fsp3) is 0.333. The molecule has 0 radical (unpaired) electrons. The van der Waals surface area contributed by atoms with Gasteiger partial charge in [-0.15, -0.1) is 0 Å². The Hall–Kier alpha value is -1.08. The molecule has 1 aliphatic rings. The highest BCUT2D eigenvalue weighted by Crippen LogP contribution is 2.42. The Balaban J connectivity index is 2.09. The summed E-state index contributed by atoms with van der Waals surface area (Å²) in [6.07, 6.45) is 2.75. The minimum Gasteiger partial charge on any atom is -0.360 e. The molecule has 2 atom stereocenters. The molecule has 1 heteroatoms. The van der Waals surface area contributed by atoms with Gasteiger partial charge in [-0.2, -0.15) is 0 Å². The number of ether oxygens (including phenoxy) is 1. The first kappa shape index (κ1) is 8.52. The molecule has 0 saturated carbocycles. The highest BCUT2D eigenvalue weighted by atomic mass is 16.6. The minimum absolute atomic E-state index is 0.303. The first-order valence-corrected chi connectivity index (χ1v) is 4.66. The van der Waals surface area contributed by atoms with Crippen molar-refractivity contribution in [2.45, 2.75) is 26.1 Å². The Morgan fingerprint density at radius 2 is 2.00 bits per heavy atom. The van der Waals surface area contributed by atoms with Crippen molar-refractivity contribution in [3.05, 3.63) is 47.5 Å². The van der Waals surface area contributed by atoms with Gasteiger partial charge in [0.1, 0.15) is 12.2 Å². The SMILES string of the molecule is C/C=C(\C)[C@H]1O[C@@H]1c1ccccc1. The number of allylic oxidation sites excluding steroid dienone is 1. The van der Waals surface area contributed by atoms with E-state index < -0.39 is 0 Å². The average molecular weight is 174 g/mol. The third kappa shape index (κ3) is 1.65. The molecule has 0 aromatic heterocycles. The summed E-state index contributed by atoms with van der Waals surface area (Å²) in [5.41, 5.74) is 2.61. The summed E-state index contributed by atoms with van der Waals surface area (Å²) in [4.78, 5) is 0. The van der Waals surface area contributed by atoms with Gasteiger partial charge >= 0.3 is 0 Å². The molecule has 1 heterocycles. The maximum Gasteiger partial charge on any atom is 0.113 e. The van der Waals surface area contributed by atoms with E-state index in [9.17, 15) is 0 Å². The van der Waals surface area contributed by atoms with Crippen LogP contribution in [0.4, 0.5) is 0 Å². The molecule has 1 aromatic rings. The quantitative estimate of drug-likeness (QED) is 0.496. The first-order valence-electron chi connectivity index (χ1n) is 4.66. The lowest BCUT2D eigenvalue weighted by atomic mass is 10.1. The van der Waals surface area contributed by atoms with Crippen LogP contribution in [0.3, 0.4) is 0 Å². The molecule has 0 unspecified atom stereocenters. The predicted octanol–water partition coefficient (Wildman–Crippen LogP) is 3.09. The molecule has 0 bridgehead atoms. The van der Waals surface area contributed by atoms with Crippen LogP contribution in [-0.4, -0.2) is 6.10 Å². The second-order valence-corrected chi connectivity index (χ2v) is 3.42. The molecule has 1 fully saturated rings. The van der Waals surface area contributed by atoms with E-state index in [-0.39, 0.29) is 0 Å². The molecular formula is C12H14O. The van der Waals surface area contributed by atoms with Crippen molar-refractivity contribution in [3.63, 3.8) is 0 Å². The van der Waals surface area contributed by atoms with Gasteiger partial charge in [0.2, 0.25) is 0 Å². The van der Waals surface area contributed by atoms with Crippen molar-refractivity contribution in [2.24, 2.45) is 0 Å². The number of hydrogen-bond donors (Lipinski definition) is 0. The van der Waals surface area contributed by atoms with Crippen LogP contribution in [0.1, 0.15) is 25.5 Å². The highest BCUT2D eigenvalue weighted by Gasteiger charge is 2.40. The molecule has 1 aliphatic heterocycles. The summed E-state index contributed by atoms with van der Waals surface area (Å²) in [6.45, 7) is 4.17. The number of benzene rings is 1. The fourth-order valence-electron chi connectivity index (χ4n) is 1.52. The average Bonchev–Trinajstić information content (AvgIpc) is 2.98. The molecule has 1 aromatic carbocycles. The van der Waals surface area contributed by atoms with Crippen molar-refractivity contribution in [1.29, 1.82) is 0 Å². The predicted molar refractivity (Wildman–Crippen MR) is 53.5 cm³/mol. The van der Waals surface area contributed by atoms with Gasteiger partial charge in [-0.25, -0.2) is 0 Å². The van der Waals surface area contributed by atoms with Gasteiger partial charge in [0.05, 0.1) is 0 Å². The highest BCUT2D eigenvalue weighted by molar-refractivity contribution is 5.27. The van der Waals surface area contributed by atoms with E-state index in [1.54, 1.807) is 0 Å². The summed E-state index contributed by atoms with van der Waals surface area (Å²) in [5, 5.41) is 0. The normalized spacial score (nSPS) is 27.4. The monoisotopic (exact) mass is 174 g/mol. The topological polar surface area (TPSA) is 12.5 Å². The van der Waals surface area contributed by atoms with Crippen molar-refractivity contribution in [1.82, 2.24) is 0 Å². The standard InChI is InChI=1S/C12H14O/c1-3-9(2)11-12(13-11)10-7-5-4-6-8-10/h3-8,11-12H,1-2H3/b9-3+/t11-,12-/m1/s1. The van der Waals surface area contributed by atoms with Gasteiger partial charge in [-0.3, -0.25) is 0 Å². The molecular weight excluding hydrogens is 160 g/mol. The smallest absolute Gasteiger partial charge is 0.113 e. The van der Waals surface area contributed by atoms with Gasteiger partial charge in [-0.1, -0.05) is 36.4 Å². The summed E-state index contributed by atoms with van der Waals surface area (Å²) in [5.74, 6) is 0. The van der Waals surface area contributed by atoms with Crippen molar-refractivity contribution >= 4 is 0 Å². The Bertz CT molecular complexity index is 313. The van der Waals surface area contributed by atoms with Crippen molar-refractivity contribution in [3.8, 4) is 0 Å². The molecule has 1 saturated heterocycles. The van der Waals surface area contributed by atoms with Crippen LogP contribution in [0.25, 0.3) is 0 Å². The molecule has 0 N–H and O–H groups in total. The van der Waals surface area contributed by atoms with Crippen LogP contribution in [-0.2, 0) is 4.74 Å². The van der Waals surface area contributed by atoms with Crippen LogP contribution in [0, 0.1) is 0 Å². The van der Waals surface area contributed by atoms with Gasteiger partial charge in [0, 0.05) is 0 Å². The lowest BCUT2D eigenvalue weighted by molar-refractivity contribution is 0.388. The van der Waals surface area contributed by atoms with Crippen LogP contribution < -0.4 is 0 Å².